The summed E-state index contributed by atoms with van der Waals surface area (Å²) in [6.07, 6.45) is -0.822. The summed E-state index contributed by atoms with van der Waals surface area (Å²) < 4.78 is 46.9. The van der Waals surface area contributed by atoms with Crippen molar-refractivity contribution in [3.05, 3.63) is 144 Å². The Morgan fingerprint density at radius 2 is 0.809 bits per heavy atom. The molecule has 0 amide bonds. The highest BCUT2D eigenvalue weighted by molar-refractivity contribution is 5.18. The molecule has 1 saturated heterocycles. The zero-order valence-electron chi connectivity index (χ0n) is 27.3. The van der Waals surface area contributed by atoms with Gasteiger partial charge in [-0.2, -0.15) is 0 Å². The van der Waals surface area contributed by atoms with E-state index >= 15 is 0 Å². The number of hydrogen-bond acceptors (Lipinski definition) is 7. The summed E-state index contributed by atoms with van der Waals surface area (Å²) in [6, 6.07) is 40.6. The summed E-state index contributed by atoms with van der Waals surface area (Å²) in [6.45, 7) is 3.63. The van der Waals surface area contributed by atoms with Crippen molar-refractivity contribution < 1.29 is 33.2 Å². The molecule has 0 N–H and O–H groups in total. The first-order valence-corrected chi connectivity index (χ1v) is 16.7. The van der Waals surface area contributed by atoms with Gasteiger partial charge in [-0.15, -0.1) is 0 Å². The van der Waals surface area contributed by atoms with Crippen molar-refractivity contribution in [2.45, 2.75) is 95.2 Å². The van der Waals surface area contributed by atoms with Crippen LogP contribution in [-0.4, -0.2) is 49.7 Å². The number of rotatable bonds is 16. The molecule has 6 rings (SSSR count). The smallest absolute Gasteiger partial charge is 0.283 e. The molecule has 0 aromatic heterocycles. The van der Waals surface area contributed by atoms with Crippen LogP contribution in [0, 0.1) is 0 Å². The standard InChI is InChI=1S/C40H46O7/c1-3-4-25-40(41-2)46-38-36(44-28-32-21-13-7-14-22-32)34(42-26-30-17-9-5-10-18-30)35(43-27-31-19-11-6-12-20-31)37(39(38)47-40)45-29-33-23-15-8-16-24-33/h5-24,34-39H,3-4,25-29H2,1-2H3/t34-,35-,36+,37+,38-,39+,40?/m0/s1. The lowest BCUT2D eigenvalue weighted by molar-refractivity contribution is -0.339. The molecule has 47 heavy (non-hydrogen) atoms. The Balaban J connectivity index is 1.38. The van der Waals surface area contributed by atoms with Gasteiger partial charge in [0.2, 0.25) is 0 Å². The van der Waals surface area contributed by atoms with E-state index < -0.39 is 42.6 Å². The highest BCUT2D eigenvalue weighted by Crippen LogP contribution is 2.45. The van der Waals surface area contributed by atoms with Gasteiger partial charge >= 0.3 is 0 Å². The van der Waals surface area contributed by atoms with Crippen LogP contribution in [0.5, 0.6) is 0 Å². The van der Waals surface area contributed by atoms with Gasteiger partial charge in [0, 0.05) is 13.5 Å². The lowest BCUT2D eigenvalue weighted by Gasteiger charge is -2.46. The second-order valence-corrected chi connectivity index (χ2v) is 12.2. The summed E-state index contributed by atoms with van der Waals surface area (Å²) in [5, 5.41) is 0. The van der Waals surface area contributed by atoms with Crippen molar-refractivity contribution in [1.29, 1.82) is 0 Å². The summed E-state index contributed by atoms with van der Waals surface area (Å²) in [5.41, 5.74) is 4.21. The van der Waals surface area contributed by atoms with Gasteiger partial charge in [0.1, 0.15) is 36.6 Å². The topological polar surface area (TPSA) is 64.6 Å². The van der Waals surface area contributed by atoms with Crippen LogP contribution in [0.1, 0.15) is 48.4 Å². The lowest BCUT2D eigenvalue weighted by atomic mass is 9.84. The molecule has 1 heterocycles. The number of fused-ring (bicyclic) bond motifs is 1. The SMILES string of the molecule is CCCCC1(OC)O[C@@H]2[C@H](OCc3ccccc3)[C@@H](OCc3ccccc3)[C@H](OCc3ccccc3)[C@@H](OCc3ccccc3)[C@@H]2O1. The van der Waals surface area contributed by atoms with Crippen LogP contribution in [0.2, 0.25) is 0 Å². The average Bonchev–Trinajstić information content (AvgIpc) is 3.52. The van der Waals surface area contributed by atoms with E-state index in [1.165, 1.54) is 0 Å². The number of unbranched alkanes of at least 4 members (excludes halogenated alkanes) is 1. The van der Waals surface area contributed by atoms with Gasteiger partial charge in [-0.05, 0) is 28.7 Å². The van der Waals surface area contributed by atoms with Crippen LogP contribution in [0.25, 0.3) is 0 Å². The van der Waals surface area contributed by atoms with Crippen molar-refractivity contribution in [2.24, 2.45) is 0 Å². The number of benzene rings is 4. The molecule has 1 aliphatic heterocycles. The maximum Gasteiger partial charge on any atom is 0.283 e. The third kappa shape index (κ3) is 8.55. The van der Waals surface area contributed by atoms with E-state index in [-0.39, 0.29) is 0 Å². The summed E-state index contributed by atoms with van der Waals surface area (Å²) in [4.78, 5) is 0. The summed E-state index contributed by atoms with van der Waals surface area (Å²) in [5.74, 6) is -1.23. The molecule has 248 valence electrons. The lowest BCUT2D eigenvalue weighted by Crippen LogP contribution is -2.65. The molecule has 1 unspecified atom stereocenters. The van der Waals surface area contributed by atoms with Gasteiger partial charge in [-0.3, -0.25) is 0 Å². The predicted octanol–water partition coefficient (Wildman–Crippen LogP) is 7.62. The molecular formula is C40H46O7. The van der Waals surface area contributed by atoms with Gasteiger partial charge in [-0.1, -0.05) is 135 Å². The Kier molecular flexibility index (Phi) is 11.8. The molecule has 7 nitrogen and oxygen atoms in total. The normalized spacial score (nSPS) is 27.0. The Labute approximate surface area is 278 Å². The molecular weight excluding hydrogens is 592 g/mol. The molecule has 1 aliphatic carbocycles. The van der Waals surface area contributed by atoms with E-state index in [0.717, 1.165) is 35.1 Å². The van der Waals surface area contributed by atoms with Gasteiger partial charge in [0.25, 0.3) is 5.97 Å². The fourth-order valence-corrected chi connectivity index (χ4v) is 6.37. The summed E-state index contributed by atoms with van der Waals surface area (Å²) >= 11 is 0. The van der Waals surface area contributed by atoms with Crippen molar-refractivity contribution >= 4 is 0 Å². The Bertz CT molecular complexity index is 1350. The fraction of sp³-hybridized carbons (Fsp3) is 0.400. The molecule has 0 bridgehead atoms. The molecule has 7 heteroatoms. The zero-order valence-corrected chi connectivity index (χ0v) is 27.3. The first-order chi connectivity index (χ1) is 23.2. The van der Waals surface area contributed by atoms with E-state index in [0.29, 0.717) is 32.8 Å². The first kappa shape index (κ1) is 33.5. The Morgan fingerprint density at radius 1 is 0.489 bits per heavy atom. The molecule has 4 aromatic carbocycles. The molecule has 7 atom stereocenters. The van der Waals surface area contributed by atoms with Crippen molar-refractivity contribution in [2.75, 3.05) is 7.11 Å². The largest absolute Gasteiger partial charge is 0.368 e. The second-order valence-electron chi connectivity index (χ2n) is 12.2. The quantitative estimate of drug-likeness (QED) is 0.125. The Hall–Kier alpha value is -3.40. The van der Waals surface area contributed by atoms with E-state index in [4.69, 9.17) is 33.2 Å². The fourth-order valence-electron chi connectivity index (χ4n) is 6.37. The zero-order chi connectivity index (χ0) is 32.3. The van der Waals surface area contributed by atoms with E-state index in [1.807, 2.05) is 72.8 Å². The number of methoxy groups -OCH3 is 1. The van der Waals surface area contributed by atoms with Crippen LogP contribution >= 0.6 is 0 Å². The maximum atomic E-state index is 6.84. The molecule has 2 fully saturated rings. The average molecular weight is 639 g/mol. The first-order valence-electron chi connectivity index (χ1n) is 16.7. The van der Waals surface area contributed by atoms with Gasteiger partial charge in [-0.25, -0.2) is 0 Å². The van der Waals surface area contributed by atoms with Crippen LogP contribution in [0.4, 0.5) is 0 Å². The van der Waals surface area contributed by atoms with Crippen molar-refractivity contribution in [3.8, 4) is 0 Å². The van der Waals surface area contributed by atoms with Gasteiger partial charge in [0.15, 0.2) is 0 Å². The molecule has 1 saturated carbocycles. The number of ether oxygens (including phenoxy) is 7. The van der Waals surface area contributed by atoms with Crippen LogP contribution in [0.15, 0.2) is 121 Å². The Morgan fingerprint density at radius 3 is 1.11 bits per heavy atom. The molecule has 0 spiro atoms. The van der Waals surface area contributed by atoms with Crippen molar-refractivity contribution in [1.82, 2.24) is 0 Å². The van der Waals surface area contributed by atoms with E-state index in [9.17, 15) is 0 Å². The highest BCUT2D eigenvalue weighted by atomic mass is 16.9. The maximum absolute atomic E-state index is 6.84. The second kappa shape index (κ2) is 16.6. The van der Waals surface area contributed by atoms with Crippen LogP contribution < -0.4 is 0 Å². The van der Waals surface area contributed by atoms with Gasteiger partial charge in [0.05, 0.1) is 26.4 Å². The van der Waals surface area contributed by atoms with Crippen LogP contribution in [0.3, 0.4) is 0 Å². The minimum atomic E-state index is -1.23. The minimum Gasteiger partial charge on any atom is -0.368 e. The molecule has 2 aliphatic rings. The molecule has 0 radical (unpaired) electrons. The highest BCUT2D eigenvalue weighted by Gasteiger charge is 2.62. The third-order valence-corrected chi connectivity index (χ3v) is 8.86. The van der Waals surface area contributed by atoms with E-state index in [2.05, 4.69) is 55.5 Å². The van der Waals surface area contributed by atoms with Crippen LogP contribution in [-0.2, 0) is 59.6 Å². The molecule has 4 aromatic rings. The third-order valence-electron chi connectivity index (χ3n) is 8.86. The summed E-state index contributed by atoms with van der Waals surface area (Å²) in [7, 11) is 1.64. The monoisotopic (exact) mass is 638 g/mol. The van der Waals surface area contributed by atoms with E-state index in [1.54, 1.807) is 7.11 Å². The number of hydrogen-bond donors (Lipinski definition) is 0. The predicted molar refractivity (Wildman–Crippen MR) is 179 cm³/mol. The minimum absolute atomic E-state index is 0.372. The van der Waals surface area contributed by atoms with Crippen molar-refractivity contribution in [3.63, 3.8) is 0 Å². The van der Waals surface area contributed by atoms with Gasteiger partial charge < -0.3 is 33.2 Å².